The number of hydrogen-bond acceptors (Lipinski definition) is 2. The quantitative estimate of drug-likeness (QED) is 0.512. The average molecular weight is 479 g/mol. The van der Waals surface area contributed by atoms with Gasteiger partial charge >= 0.3 is 58.2 Å². The molecule has 4 nitrogen and oxygen atoms in total. The Balaban J connectivity index is -0.000000584. The van der Waals surface area contributed by atoms with E-state index in [-0.39, 0.29) is 70.0 Å². The molecule has 0 atom stereocenters. The summed E-state index contributed by atoms with van der Waals surface area (Å²) in [4.78, 5) is 24.9. The SMILES string of the molecule is C=C/C=C\C=C(/C)NC(=O)C(C)(C)CC(C)(C)C(=O)[N-]CC(C)C.CC.CC.[Rb+]. The molecule has 0 aliphatic rings. The van der Waals surface area contributed by atoms with Crippen LogP contribution in [0.1, 0.15) is 82.6 Å². The Hall–Kier alpha value is -0.0348. The fraction of sp³-hybridized carbons (Fsp3) is 0.667. The number of allylic oxidation sites excluding steroid dienone is 5. The van der Waals surface area contributed by atoms with Gasteiger partial charge in [-0.25, -0.2) is 0 Å². The van der Waals surface area contributed by atoms with E-state index in [1.54, 1.807) is 12.2 Å². The fourth-order valence-corrected chi connectivity index (χ4v) is 2.41. The van der Waals surface area contributed by atoms with Crippen LogP contribution < -0.4 is 63.5 Å². The van der Waals surface area contributed by atoms with Crippen LogP contribution in [-0.4, -0.2) is 18.4 Å². The van der Waals surface area contributed by atoms with Crippen LogP contribution in [-0.2, 0) is 9.59 Å². The van der Waals surface area contributed by atoms with Gasteiger partial charge in [0.05, 0.1) is 5.91 Å². The zero-order valence-corrected chi connectivity index (χ0v) is 26.2. The van der Waals surface area contributed by atoms with Gasteiger partial charge in [-0.2, -0.15) is 0 Å². The minimum atomic E-state index is -0.677. The Bertz CT molecular complexity index is 519. The Morgan fingerprint density at radius 2 is 1.48 bits per heavy atom. The molecule has 0 aliphatic carbocycles. The fourth-order valence-electron chi connectivity index (χ4n) is 2.41. The van der Waals surface area contributed by atoms with Crippen LogP contribution in [0.25, 0.3) is 5.32 Å². The van der Waals surface area contributed by atoms with Gasteiger partial charge in [-0.15, -0.1) is 6.54 Å². The van der Waals surface area contributed by atoms with Crippen LogP contribution in [0.15, 0.2) is 36.6 Å². The van der Waals surface area contributed by atoms with Crippen molar-refractivity contribution in [3.05, 3.63) is 41.9 Å². The van der Waals surface area contributed by atoms with Crippen molar-refractivity contribution in [3.63, 3.8) is 0 Å². The second-order valence-electron chi connectivity index (χ2n) is 7.91. The molecule has 29 heavy (non-hydrogen) atoms. The summed E-state index contributed by atoms with van der Waals surface area (Å²) in [6, 6.07) is 0. The first-order chi connectivity index (χ1) is 12.9. The summed E-state index contributed by atoms with van der Waals surface area (Å²) in [5, 5.41) is 7.03. The van der Waals surface area contributed by atoms with Crippen LogP contribution in [0.5, 0.6) is 0 Å². The third-order valence-electron chi connectivity index (χ3n) is 3.58. The maximum Gasteiger partial charge on any atom is 1.00 e. The Morgan fingerprint density at radius 1 is 1.00 bits per heavy atom. The molecular formula is C24H45N2O2Rb. The van der Waals surface area contributed by atoms with Gasteiger partial charge in [0.15, 0.2) is 0 Å². The van der Waals surface area contributed by atoms with E-state index in [4.69, 9.17) is 0 Å². The smallest absolute Gasteiger partial charge is 0.653 e. The first kappa shape index (κ1) is 36.3. The van der Waals surface area contributed by atoms with E-state index in [1.165, 1.54) is 0 Å². The van der Waals surface area contributed by atoms with Crippen molar-refractivity contribution >= 4 is 11.8 Å². The molecule has 0 unspecified atom stereocenters. The molecule has 0 fully saturated rings. The van der Waals surface area contributed by atoms with Crippen molar-refractivity contribution in [2.75, 3.05) is 6.54 Å². The summed E-state index contributed by atoms with van der Waals surface area (Å²) in [6.07, 6.45) is 7.52. The second-order valence-corrected chi connectivity index (χ2v) is 7.91. The molecular weight excluding hydrogens is 434 g/mol. The number of rotatable bonds is 9. The Kier molecular flexibility index (Phi) is 24.9. The molecule has 0 aromatic heterocycles. The largest absolute Gasteiger partial charge is 1.00 e. The minimum Gasteiger partial charge on any atom is -0.653 e. The molecule has 5 heteroatoms. The normalized spacial score (nSPS) is 11.4. The van der Waals surface area contributed by atoms with Crippen LogP contribution in [0.2, 0.25) is 0 Å². The van der Waals surface area contributed by atoms with E-state index in [0.29, 0.717) is 18.9 Å². The van der Waals surface area contributed by atoms with Crippen LogP contribution in [0.4, 0.5) is 0 Å². The summed E-state index contributed by atoms with van der Waals surface area (Å²) in [5.41, 5.74) is -0.598. The van der Waals surface area contributed by atoms with Crippen molar-refractivity contribution in [2.24, 2.45) is 16.7 Å². The number of hydrogen-bond donors (Lipinski definition) is 1. The molecule has 0 saturated heterocycles. The second kappa shape index (κ2) is 19.9. The van der Waals surface area contributed by atoms with Gasteiger partial charge in [-0.3, -0.25) is 4.79 Å². The molecule has 0 spiro atoms. The zero-order valence-electron chi connectivity index (χ0n) is 21.3. The summed E-state index contributed by atoms with van der Waals surface area (Å²) < 4.78 is 0. The van der Waals surface area contributed by atoms with E-state index in [0.717, 1.165) is 5.70 Å². The van der Waals surface area contributed by atoms with Gasteiger partial charge in [-0.05, 0) is 19.4 Å². The van der Waals surface area contributed by atoms with Crippen LogP contribution in [0, 0.1) is 16.7 Å². The molecule has 0 rings (SSSR count). The van der Waals surface area contributed by atoms with Gasteiger partial charge in [-0.1, -0.05) is 100.0 Å². The molecule has 0 bridgehead atoms. The summed E-state index contributed by atoms with van der Waals surface area (Å²) >= 11 is 0. The van der Waals surface area contributed by atoms with E-state index >= 15 is 0 Å². The molecule has 0 aromatic carbocycles. The Morgan fingerprint density at radius 3 is 1.90 bits per heavy atom. The summed E-state index contributed by atoms with van der Waals surface area (Å²) in [6.45, 7) is 25.4. The summed E-state index contributed by atoms with van der Waals surface area (Å²) in [5.74, 6) is 0.101. The predicted molar refractivity (Wildman–Crippen MR) is 124 cm³/mol. The predicted octanol–water partition coefficient (Wildman–Crippen LogP) is 3.80. The zero-order chi connectivity index (χ0) is 23.0. The molecule has 0 aliphatic heterocycles. The molecule has 164 valence electrons. The van der Waals surface area contributed by atoms with E-state index in [2.05, 4.69) is 17.2 Å². The van der Waals surface area contributed by atoms with Crippen molar-refractivity contribution in [1.82, 2.24) is 5.32 Å². The topological polar surface area (TPSA) is 60.3 Å². The first-order valence-corrected chi connectivity index (χ1v) is 10.4. The van der Waals surface area contributed by atoms with Gasteiger partial charge < -0.3 is 15.4 Å². The molecule has 0 saturated carbocycles. The number of carbonyl (C=O) groups excluding carboxylic acids is 2. The average Bonchev–Trinajstić information content (AvgIpc) is 2.62. The van der Waals surface area contributed by atoms with Crippen LogP contribution >= 0.6 is 0 Å². The van der Waals surface area contributed by atoms with Crippen molar-refractivity contribution in [1.29, 1.82) is 0 Å². The van der Waals surface area contributed by atoms with Gasteiger partial charge in [0, 0.05) is 16.5 Å². The monoisotopic (exact) mass is 478 g/mol. The van der Waals surface area contributed by atoms with Crippen molar-refractivity contribution in [3.8, 4) is 0 Å². The van der Waals surface area contributed by atoms with Gasteiger partial charge in [0.1, 0.15) is 0 Å². The molecule has 1 N–H and O–H groups in total. The van der Waals surface area contributed by atoms with E-state index in [1.807, 2.05) is 88.3 Å². The molecule has 0 aromatic rings. The molecule has 0 radical (unpaired) electrons. The third-order valence-corrected chi connectivity index (χ3v) is 3.58. The Labute approximate surface area is 230 Å². The first-order valence-electron chi connectivity index (χ1n) is 10.4. The standard InChI is InChI=1S/C20H34N2O2.2C2H6.Rb/c1-9-10-11-12-16(4)22-18(24)20(7,8)14-19(5,6)17(23)21-13-15(2)3;2*1-2;/h9-12,15H,1,13-14H2,2-8H3,(H2,21,22,23,24);2*1-2H3;/q;;;+1/p-1/b11-10-,16-12+;;;. The van der Waals surface area contributed by atoms with E-state index in [9.17, 15) is 9.59 Å². The van der Waals surface area contributed by atoms with Crippen LogP contribution in [0.3, 0.4) is 0 Å². The number of carbonyl (C=O) groups is 2. The van der Waals surface area contributed by atoms with Gasteiger partial charge in [0.2, 0.25) is 5.91 Å². The molecule has 0 heterocycles. The van der Waals surface area contributed by atoms with Crippen molar-refractivity contribution < 1.29 is 67.8 Å². The number of nitrogens with zero attached hydrogens (tertiary/aromatic N) is 1. The minimum absolute atomic E-state index is 0. The molecule has 2 amide bonds. The van der Waals surface area contributed by atoms with Gasteiger partial charge in [0.25, 0.3) is 0 Å². The summed E-state index contributed by atoms with van der Waals surface area (Å²) in [7, 11) is 0. The number of amides is 2. The number of nitrogens with one attached hydrogen (secondary N) is 1. The third kappa shape index (κ3) is 18.5. The van der Waals surface area contributed by atoms with Crippen molar-refractivity contribution in [2.45, 2.75) is 82.6 Å². The van der Waals surface area contributed by atoms with E-state index < -0.39 is 10.8 Å². The maximum absolute atomic E-state index is 12.5. The maximum atomic E-state index is 12.5.